The molecule has 0 aliphatic heterocycles. The molecule has 0 unspecified atom stereocenters. The molecule has 0 rings (SSSR count). The zero-order valence-corrected chi connectivity index (χ0v) is 11.6. The molecule has 0 atom stereocenters. The van der Waals surface area contributed by atoms with Crippen LogP contribution < -0.4 is 0 Å². The fourth-order valence-electron chi connectivity index (χ4n) is 0.846. The molecule has 0 amide bonds. The van der Waals surface area contributed by atoms with Crippen LogP contribution in [0.3, 0.4) is 0 Å². The lowest BCUT2D eigenvalue weighted by molar-refractivity contribution is 0.217. The summed E-state index contributed by atoms with van der Waals surface area (Å²) in [6, 6.07) is 0. The summed E-state index contributed by atoms with van der Waals surface area (Å²) >= 11 is 0. The minimum Gasteiger partial charge on any atom is -0.305 e. The van der Waals surface area contributed by atoms with E-state index in [0.29, 0.717) is 13.2 Å². The standard InChI is InChI=1S/C9H21O4PS/c1-5-7-12-14(10,13-8-6-2)9-15(3,4)11/h9H,5-8H2,1-4H3. The van der Waals surface area contributed by atoms with E-state index in [9.17, 15) is 8.77 Å². The van der Waals surface area contributed by atoms with Crippen molar-refractivity contribution in [3.8, 4) is 0 Å². The largest absolute Gasteiger partial charge is 0.362 e. The van der Waals surface area contributed by atoms with Gasteiger partial charge in [0.2, 0.25) is 0 Å². The Bertz CT molecular complexity index is 311. The molecule has 0 aromatic carbocycles. The zero-order valence-electron chi connectivity index (χ0n) is 9.89. The van der Waals surface area contributed by atoms with E-state index in [-0.39, 0.29) is 0 Å². The van der Waals surface area contributed by atoms with Gasteiger partial charge in [-0.3, -0.25) is 8.77 Å². The van der Waals surface area contributed by atoms with Crippen molar-refractivity contribution in [2.24, 2.45) is 0 Å². The van der Waals surface area contributed by atoms with Crippen LogP contribution >= 0.6 is 7.60 Å². The van der Waals surface area contributed by atoms with E-state index in [4.69, 9.17) is 9.05 Å². The van der Waals surface area contributed by atoms with Crippen molar-refractivity contribution in [3.05, 3.63) is 0 Å². The van der Waals surface area contributed by atoms with Gasteiger partial charge in [-0.1, -0.05) is 13.8 Å². The van der Waals surface area contributed by atoms with Gasteiger partial charge >= 0.3 is 7.60 Å². The molecule has 0 aliphatic carbocycles. The van der Waals surface area contributed by atoms with Crippen LogP contribution in [0.4, 0.5) is 0 Å². The predicted octanol–water partition coefficient (Wildman–Crippen LogP) is 2.34. The molecule has 0 N–H and O–H groups in total. The van der Waals surface area contributed by atoms with Gasteiger partial charge in [-0.2, -0.15) is 0 Å². The molecule has 6 heteroatoms. The third-order valence-electron chi connectivity index (χ3n) is 1.33. The molecule has 92 valence electrons. The molecular formula is C9H21O4PS. The highest BCUT2D eigenvalue weighted by molar-refractivity contribution is 8.08. The molecule has 4 nitrogen and oxygen atoms in total. The van der Waals surface area contributed by atoms with Crippen LogP contribution in [-0.4, -0.2) is 35.0 Å². The van der Waals surface area contributed by atoms with Gasteiger partial charge in [0.05, 0.1) is 18.3 Å². The molecule has 0 aliphatic rings. The Hall–Kier alpha value is 0.170. The van der Waals surface area contributed by atoms with Crippen molar-refractivity contribution < 1.29 is 17.8 Å². The monoisotopic (exact) mass is 256 g/mol. The molecular weight excluding hydrogens is 235 g/mol. The molecule has 0 saturated heterocycles. The van der Waals surface area contributed by atoms with Crippen molar-refractivity contribution in [2.75, 3.05) is 25.7 Å². The second-order valence-corrected chi connectivity index (χ2v) is 8.68. The Labute approximate surface area is 92.9 Å². The van der Waals surface area contributed by atoms with E-state index in [1.54, 1.807) is 0 Å². The van der Waals surface area contributed by atoms with E-state index in [1.165, 1.54) is 17.6 Å². The van der Waals surface area contributed by atoms with Gasteiger partial charge in [-0.15, -0.1) is 0 Å². The molecule has 0 saturated carbocycles. The van der Waals surface area contributed by atoms with Gasteiger partial charge in [0.1, 0.15) is 0 Å². The van der Waals surface area contributed by atoms with E-state index in [0.717, 1.165) is 12.8 Å². The van der Waals surface area contributed by atoms with Gasteiger partial charge in [0.25, 0.3) is 0 Å². The summed E-state index contributed by atoms with van der Waals surface area (Å²) in [4.78, 5) is 0. The summed E-state index contributed by atoms with van der Waals surface area (Å²) in [5.41, 5.74) is 0. The Morgan fingerprint density at radius 2 is 1.53 bits per heavy atom. The molecule has 0 fully saturated rings. The number of rotatable bonds is 7. The quantitative estimate of drug-likeness (QED) is 0.518. The topological polar surface area (TPSA) is 52.6 Å². The first-order valence-electron chi connectivity index (χ1n) is 5.02. The lowest BCUT2D eigenvalue weighted by atomic mass is 10.5. The second-order valence-electron chi connectivity index (χ2n) is 3.62. The summed E-state index contributed by atoms with van der Waals surface area (Å²) in [5, 5.41) is 1.23. The minimum absolute atomic E-state index is 0.354. The van der Waals surface area contributed by atoms with Crippen LogP contribution in [0.25, 0.3) is 0 Å². The van der Waals surface area contributed by atoms with Crippen molar-refractivity contribution in [2.45, 2.75) is 26.7 Å². The van der Waals surface area contributed by atoms with E-state index < -0.39 is 17.1 Å². The van der Waals surface area contributed by atoms with Gasteiger partial charge in [0, 0.05) is 12.5 Å². The minimum atomic E-state index is -3.27. The molecule has 0 aromatic heterocycles. The molecule has 0 aromatic rings. The third-order valence-corrected chi connectivity index (χ3v) is 5.48. The molecule has 0 spiro atoms. The molecule has 0 radical (unpaired) electrons. The van der Waals surface area contributed by atoms with Gasteiger partial charge < -0.3 is 9.05 Å². The maximum absolute atomic E-state index is 12.1. The molecule has 0 bridgehead atoms. The second kappa shape index (κ2) is 6.69. The van der Waals surface area contributed by atoms with Crippen molar-refractivity contribution in [1.82, 2.24) is 0 Å². The number of hydrogen-bond donors (Lipinski definition) is 0. The first-order valence-corrected chi connectivity index (χ1v) is 9.07. The summed E-state index contributed by atoms with van der Waals surface area (Å²) in [6.07, 6.45) is 4.54. The maximum atomic E-state index is 12.1. The Kier molecular flexibility index (Phi) is 6.76. The first-order chi connectivity index (χ1) is 6.83. The van der Waals surface area contributed by atoms with Crippen LogP contribution in [0.2, 0.25) is 0 Å². The lowest BCUT2D eigenvalue weighted by Gasteiger charge is -2.14. The summed E-state index contributed by atoms with van der Waals surface area (Å²) in [7, 11) is -5.51. The lowest BCUT2D eigenvalue weighted by Crippen LogP contribution is -2.05. The number of hydrogen-bond acceptors (Lipinski definition) is 4. The van der Waals surface area contributed by atoms with E-state index >= 15 is 0 Å². The predicted molar refractivity (Wildman–Crippen MR) is 66.1 cm³/mol. The molecule has 15 heavy (non-hydrogen) atoms. The fraction of sp³-hybridized carbons (Fsp3) is 0.889. The highest BCUT2D eigenvalue weighted by Crippen LogP contribution is 2.45. The van der Waals surface area contributed by atoms with Crippen molar-refractivity contribution in [1.29, 1.82) is 0 Å². The van der Waals surface area contributed by atoms with Crippen LogP contribution in [0, 0.1) is 0 Å². The summed E-state index contributed by atoms with van der Waals surface area (Å²) < 4.78 is 33.9. The first kappa shape index (κ1) is 15.2. The highest BCUT2D eigenvalue weighted by Gasteiger charge is 2.22. The normalized spacial score (nSPS) is 12.8. The Morgan fingerprint density at radius 1 is 1.13 bits per heavy atom. The average molecular weight is 256 g/mol. The average Bonchev–Trinajstić information content (AvgIpc) is 2.09. The van der Waals surface area contributed by atoms with Gasteiger partial charge in [-0.05, 0) is 22.4 Å². The smallest absolute Gasteiger partial charge is 0.305 e. The van der Waals surface area contributed by atoms with Crippen LogP contribution in [0.1, 0.15) is 26.7 Å². The highest BCUT2D eigenvalue weighted by atomic mass is 32.2. The SMILES string of the molecule is CCCOP(=O)(C=S(C)(C)=O)OCCC. The fourth-order valence-corrected chi connectivity index (χ4v) is 4.77. The Balaban J connectivity index is 4.71. The summed E-state index contributed by atoms with van der Waals surface area (Å²) in [5.74, 6) is 0. The van der Waals surface area contributed by atoms with Crippen LogP contribution in [-0.2, 0) is 23.1 Å². The Morgan fingerprint density at radius 3 is 1.80 bits per heavy atom. The molecule has 0 heterocycles. The zero-order chi connectivity index (χ0) is 11.9. The van der Waals surface area contributed by atoms with Gasteiger partial charge in [0.15, 0.2) is 0 Å². The van der Waals surface area contributed by atoms with E-state index in [1.807, 2.05) is 13.8 Å². The third kappa shape index (κ3) is 8.03. The maximum Gasteiger partial charge on any atom is 0.362 e. The van der Waals surface area contributed by atoms with Crippen molar-refractivity contribution >= 4 is 22.2 Å². The van der Waals surface area contributed by atoms with E-state index in [2.05, 4.69) is 0 Å². The van der Waals surface area contributed by atoms with Crippen LogP contribution in [0.5, 0.6) is 0 Å². The summed E-state index contributed by atoms with van der Waals surface area (Å²) in [6.45, 7) is 4.54. The van der Waals surface area contributed by atoms with Crippen molar-refractivity contribution in [3.63, 3.8) is 0 Å². The van der Waals surface area contributed by atoms with Gasteiger partial charge in [-0.25, -0.2) is 0 Å². The van der Waals surface area contributed by atoms with Crippen LogP contribution in [0.15, 0.2) is 0 Å².